The molecule has 5 heteroatoms. The zero-order valence-electron chi connectivity index (χ0n) is 11.7. The molecule has 0 saturated carbocycles. The molecule has 2 heterocycles. The van der Waals surface area contributed by atoms with Gasteiger partial charge in [-0.1, -0.05) is 13.3 Å². The first-order valence-electron chi connectivity index (χ1n) is 7.25. The van der Waals surface area contributed by atoms with E-state index < -0.39 is 0 Å². The highest BCUT2D eigenvalue weighted by Crippen LogP contribution is 2.24. The quantitative estimate of drug-likeness (QED) is 0.835. The maximum absolute atomic E-state index is 11.5. The number of thiazole rings is 1. The average Bonchev–Trinajstić information content (AvgIpc) is 3.06. The molecule has 4 nitrogen and oxygen atoms in total. The van der Waals surface area contributed by atoms with Gasteiger partial charge < -0.3 is 10.2 Å². The van der Waals surface area contributed by atoms with Gasteiger partial charge >= 0.3 is 0 Å². The highest BCUT2D eigenvalue weighted by atomic mass is 32.1. The van der Waals surface area contributed by atoms with E-state index in [9.17, 15) is 4.79 Å². The van der Waals surface area contributed by atoms with Gasteiger partial charge in [0.2, 0.25) is 5.91 Å². The number of anilines is 1. The van der Waals surface area contributed by atoms with Gasteiger partial charge in [0.05, 0.1) is 5.69 Å². The van der Waals surface area contributed by atoms with Gasteiger partial charge in [-0.2, -0.15) is 0 Å². The van der Waals surface area contributed by atoms with Gasteiger partial charge in [0.1, 0.15) is 0 Å². The summed E-state index contributed by atoms with van der Waals surface area (Å²) in [5.41, 5.74) is 1.10. The number of nitrogens with one attached hydrogen (secondary N) is 1. The smallest absolute Gasteiger partial charge is 0.220 e. The summed E-state index contributed by atoms with van der Waals surface area (Å²) in [7, 11) is 0. The number of aromatic nitrogens is 1. The predicted molar refractivity (Wildman–Crippen MR) is 79.8 cm³/mol. The molecular weight excluding hydrogens is 258 g/mol. The Morgan fingerprint density at radius 3 is 3.00 bits per heavy atom. The molecule has 1 aromatic rings. The number of carbonyl (C=O) groups is 1. The summed E-state index contributed by atoms with van der Waals surface area (Å²) in [6.45, 7) is 5.08. The summed E-state index contributed by atoms with van der Waals surface area (Å²) in [5.74, 6) is 0.164. The summed E-state index contributed by atoms with van der Waals surface area (Å²) < 4.78 is 0. The van der Waals surface area contributed by atoms with Crippen molar-refractivity contribution in [3.63, 3.8) is 0 Å². The molecule has 0 unspecified atom stereocenters. The molecule has 0 atom stereocenters. The van der Waals surface area contributed by atoms with Crippen LogP contribution in [-0.4, -0.2) is 30.5 Å². The number of hydrogen-bond acceptors (Lipinski definition) is 4. The Bertz CT molecular complexity index is 399. The minimum Gasteiger partial charge on any atom is -0.356 e. The molecule has 0 spiro atoms. The van der Waals surface area contributed by atoms with Crippen molar-refractivity contribution < 1.29 is 4.79 Å². The standard InChI is InChI=1S/C14H23N3OS/c1-2-3-6-13(18)15-8-7-12-11-19-14(16-12)17-9-4-5-10-17/h11H,2-10H2,1H3,(H,15,18). The Labute approximate surface area is 119 Å². The molecule has 1 N–H and O–H groups in total. The zero-order valence-corrected chi connectivity index (χ0v) is 12.5. The topological polar surface area (TPSA) is 45.2 Å². The van der Waals surface area contributed by atoms with Crippen molar-refractivity contribution in [1.82, 2.24) is 10.3 Å². The van der Waals surface area contributed by atoms with E-state index >= 15 is 0 Å². The van der Waals surface area contributed by atoms with Crippen LogP contribution in [0.2, 0.25) is 0 Å². The van der Waals surface area contributed by atoms with Crippen molar-refractivity contribution in [2.45, 2.75) is 45.4 Å². The lowest BCUT2D eigenvalue weighted by Crippen LogP contribution is -2.25. The molecule has 2 rings (SSSR count). The summed E-state index contributed by atoms with van der Waals surface area (Å²) >= 11 is 1.72. The van der Waals surface area contributed by atoms with Crippen LogP contribution in [0.5, 0.6) is 0 Å². The van der Waals surface area contributed by atoms with Gasteiger partial charge in [0, 0.05) is 37.9 Å². The SMILES string of the molecule is CCCCC(=O)NCCc1csc(N2CCCC2)n1. The molecule has 0 bridgehead atoms. The lowest BCUT2D eigenvalue weighted by molar-refractivity contribution is -0.121. The first kappa shape index (κ1) is 14.3. The van der Waals surface area contributed by atoms with Crippen LogP contribution in [-0.2, 0) is 11.2 Å². The Balaban J connectivity index is 1.70. The van der Waals surface area contributed by atoms with E-state index in [0.717, 1.165) is 43.2 Å². The molecule has 0 aliphatic carbocycles. The molecule has 1 amide bonds. The Morgan fingerprint density at radius 2 is 2.26 bits per heavy atom. The molecule has 1 aliphatic heterocycles. The summed E-state index contributed by atoms with van der Waals surface area (Å²) in [6.07, 6.45) is 6.08. The van der Waals surface area contributed by atoms with Crippen molar-refractivity contribution in [2.24, 2.45) is 0 Å². The highest BCUT2D eigenvalue weighted by molar-refractivity contribution is 7.13. The molecule has 1 aromatic heterocycles. The number of rotatable bonds is 7. The van der Waals surface area contributed by atoms with Crippen LogP contribution in [0.25, 0.3) is 0 Å². The third-order valence-electron chi connectivity index (χ3n) is 3.38. The number of unbranched alkanes of at least 4 members (excludes halogenated alkanes) is 1. The van der Waals surface area contributed by atoms with Gasteiger partial charge in [0.25, 0.3) is 0 Å². The van der Waals surface area contributed by atoms with Gasteiger partial charge in [-0.15, -0.1) is 11.3 Å². The lowest BCUT2D eigenvalue weighted by atomic mass is 10.2. The monoisotopic (exact) mass is 281 g/mol. The largest absolute Gasteiger partial charge is 0.356 e. The molecule has 1 saturated heterocycles. The highest BCUT2D eigenvalue weighted by Gasteiger charge is 2.15. The number of carbonyl (C=O) groups excluding carboxylic acids is 1. The van der Waals surface area contributed by atoms with Crippen LogP contribution in [0, 0.1) is 0 Å². The minimum atomic E-state index is 0.164. The fourth-order valence-corrected chi connectivity index (χ4v) is 3.13. The van der Waals surface area contributed by atoms with E-state index in [1.165, 1.54) is 12.8 Å². The normalized spacial score (nSPS) is 14.9. The van der Waals surface area contributed by atoms with Crippen LogP contribution in [0.3, 0.4) is 0 Å². The van der Waals surface area contributed by atoms with Crippen LogP contribution in [0.1, 0.15) is 44.7 Å². The van der Waals surface area contributed by atoms with E-state index in [2.05, 4.69) is 27.5 Å². The fraction of sp³-hybridized carbons (Fsp3) is 0.714. The Morgan fingerprint density at radius 1 is 1.47 bits per heavy atom. The van der Waals surface area contributed by atoms with Crippen LogP contribution in [0.15, 0.2) is 5.38 Å². The molecular formula is C14H23N3OS. The van der Waals surface area contributed by atoms with Gasteiger partial charge in [-0.3, -0.25) is 4.79 Å². The van der Waals surface area contributed by atoms with E-state index in [1.807, 2.05) is 0 Å². The van der Waals surface area contributed by atoms with Crippen molar-refractivity contribution in [3.8, 4) is 0 Å². The van der Waals surface area contributed by atoms with Gasteiger partial charge in [-0.25, -0.2) is 4.98 Å². The number of nitrogens with zero attached hydrogens (tertiary/aromatic N) is 2. The second-order valence-electron chi connectivity index (χ2n) is 5.02. The lowest BCUT2D eigenvalue weighted by Gasteiger charge is -2.12. The molecule has 1 aliphatic rings. The second kappa shape index (κ2) is 7.48. The van der Waals surface area contributed by atoms with Crippen LogP contribution < -0.4 is 10.2 Å². The predicted octanol–water partition coefficient (Wildman–Crippen LogP) is 2.59. The van der Waals surface area contributed by atoms with Crippen molar-refractivity contribution in [1.29, 1.82) is 0 Å². The number of hydrogen-bond donors (Lipinski definition) is 1. The molecule has 0 radical (unpaired) electrons. The second-order valence-corrected chi connectivity index (χ2v) is 5.86. The maximum Gasteiger partial charge on any atom is 0.220 e. The summed E-state index contributed by atoms with van der Waals surface area (Å²) in [4.78, 5) is 18.5. The zero-order chi connectivity index (χ0) is 13.5. The third kappa shape index (κ3) is 4.49. The van der Waals surface area contributed by atoms with Crippen LogP contribution >= 0.6 is 11.3 Å². The average molecular weight is 281 g/mol. The van der Waals surface area contributed by atoms with E-state index in [1.54, 1.807) is 11.3 Å². The van der Waals surface area contributed by atoms with Crippen molar-refractivity contribution in [3.05, 3.63) is 11.1 Å². The van der Waals surface area contributed by atoms with Gasteiger partial charge in [0.15, 0.2) is 5.13 Å². The number of amides is 1. The van der Waals surface area contributed by atoms with E-state index in [4.69, 9.17) is 0 Å². The first-order chi connectivity index (χ1) is 9.29. The van der Waals surface area contributed by atoms with Gasteiger partial charge in [-0.05, 0) is 19.3 Å². The first-order valence-corrected chi connectivity index (χ1v) is 8.13. The summed E-state index contributed by atoms with van der Waals surface area (Å²) in [6, 6.07) is 0. The molecule has 19 heavy (non-hydrogen) atoms. The molecule has 0 aromatic carbocycles. The summed E-state index contributed by atoms with van der Waals surface area (Å²) in [5, 5.41) is 6.22. The Hall–Kier alpha value is -1.10. The van der Waals surface area contributed by atoms with E-state index in [0.29, 0.717) is 13.0 Å². The van der Waals surface area contributed by atoms with Crippen molar-refractivity contribution >= 4 is 22.4 Å². The molecule has 106 valence electrons. The van der Waals surface area contributed by atoms with E-state index in [-0.39, 0.29) is 5.91 Å². The van der Waals surface area contributed by atoms with Crippen molar-refractivity contribution in [2.75, 3.05) is 24.5 Å². The molecule has 1 fully saturated rings. The minimum absolute atomic E-state index is 0.164. The maximum atomic E-state index is 11.5. The fourth-order valence-electron chi connectivity index (χ4n) is 2.22. The van der Waals surface area contributed by atoms with Crippen LogP contribution in [0.4, 0.5) is 5.13 Å². The Kier molecular flexibility index (Phi) is 5.63. The third-order valence-corrected chi connectivity index (χ3v) is 4.33.